The number of esters is 1. The van der Waals surface area contributed by atoms with Crippen molar-refractivity contribution in [3.63, 3.8) is 0 Å². The molecule has 0 unspecified atom stereocenters. The lowest BCUT2D eigenvalue weighted by Crippen LogP contribution is -2.56. The molecule has 0 bridgehead atoms. The van der Waals surface area contributed by atoms with Crippen LogP contribution in [0.2, 0.25) is 0 Å². The Balaban J connectivity index is 1.50. The summed E-state index contributed by atoms with van der Waals surface area (Å²) in [5.41, 5.74) is 2.72. The summed E-state index contributed by atoms with van der Waals surface area (Å²) >= 11 is 0. The van der Waals surface area contributed by atoms with Crippen molar-refractivity contribution in [1.82, 2.24) is 14.3 Å². The first kappa shape index (κ1) is 20.7. The van der Waals surface area contributed by atoms with Crippen LogP contribution in [0.3, 0.4) is 0 Å². The van der Waals surface area contributed by atoms with Crippen LogP contribution in [0.25, 0.3) is 5.65 Å². The Bertz CT molecular complexity index is 1160. The molecule has 0 radical (unpaired) electrons. The van der Waals surface area contributed by atoms with E-state index in [2.05, 4.69) is 12.1 Å². The third kappa shape index (κ3) is 3.28. The molecule has 32 heavy (non-hydrogen) atoms. The molecule has 1 aromatic carbocycles. The van der Waals surface area contributed by atoms with Crippen molar-refractivity contribution >= 4 is 17.5 Å². The SMILES string of the molecule is COC(=O)c1ccc2nc(C3(c4ccccc4)CCN(C(=O)C4(C)COC4)CC3)cn2c1. The van der Waals surface area contributed by atoms with Gasteiger partial charge < -0.3 is 18.8 Å². The number of benzene rings is 1. The molecule has 0 atom stereocenters. The van der Waals surface area contributed by atoms with Crippen LogP contribution in [0.4, 0.5) is 0 Å². The number of nitrogens with zero attached hydrogens (tertiary/aromatic N) is 3. The van der Waals surface area contributed by atoms with Gasteiger partial charge >= 0.3 is 5.97 Å². The van der Waals surface area contributed by atoms with Gasteiger partial charge in [-0.3, -0.25) is 4.79 Å². The number of fused-ring (bicyclic) bond motifs is 1. The molecule has 166 valence electrons. The molecule has 0 saturated carbocycles. The van der Waals surface area contributed by atoms with Crippen LogP contribution in [0.5, 0.6) is 0 Å². The number of carbonyl (C=O) groups excluding carboxylic acids is 2. The standard InChI is InChI=1S/C25H27N3O4/c1-24(16-32-17-24)23(30)27-12-10-25(11-13-27,19-6-4-3-5-7-19)20-15-28-14-18(22(29)31-2)8-9-21(28)26-20/h3-9,14-15H,10-13,16-17H2,1-2H3. The molecule has 0 aliphatic carbocycles. The minimum Gasteiger partial charge on any atom is -0.465 e. The van der Waals surface area contributed by atoms with Gasteiger partial charge in [-0.1, -0.05) is 30.3 Å². The van der Waals surface area contributed by atoms with E-state index >= 15 is 0 Å². The van der Waals surface area contributed by atoms with E-state index in [4.69, 9.17) is 14.5 Å². The quantitative estimate of drug-likeness (QED) is 0.592. The monoisotopic (exact) mass is 433 g/mol. The molecular weight excluding hydrogens is 406 g/mol. The van der Waals surface area contributed by atoms with Crippen LogP contribution in [0.15, 0.2) is 54.9 Å². The number of piperidine rings is 1. The van der Waals surface area contributed by atoms with E-state index < -0.39 is 0 Å². The highest BCUT2D eigenvalue weighted by Crippen LogP contribution is 2.42. The zero-order valence-corrected chi connectivity index (χ0v) is 18.4. The second-order valence-corrected chi connectivity index (χ2v) is 9.09. The molecule has 2 aliphatic rings. The van der Waals surface area contributed by atoms with Crippen molar-refractivity contribution in [2.24, 2.45) is 5.41 Å². The van der Waals surface area contributed by atoms with Gasteiger partial charge in [-0.25, -0.2) is 9.78 Å². The molecule has 2 fully saturated rings. The number of aromatic nitrogens is 2. The Kier molecular flexibility index (Phi) is 5.01. The maximum absolute atomic E-state index is 13.0. The largest absolute Gasteiger partial charge is 0.465 e. The van der Waals surface area contributed by atoms with Crippen LogP contribution in [0, 0.1) is 5.41 Å². The second-order valence-electron chi connectivity index (χ2n) is 9.09. The fourth-order valence-corrected chi connectivity index (χ4v) is 4.92. The number of carbonyl (C=O) groups is 2. The van der Waals surface area contributed by atoms with Crippen molar-refractivity contribution in [3.8, 4) is 0 Å². The molecule has 2 aliphatic heterocycles. The highest BCUT2D eigenvalue weighted by molar-refractivity contribution is 5.89. The lowest BCUT2D eigenvalue weighted by molar-refractivity contribution is -0.170. The van der Waals surface area contributed by atoms with Crippen LogP contribution < -0.4 is 0 Å². The third-order valence-corrected chi connectivity index (χ3v) is 6.95. The predicted molar refractivity (Wildman–Crippen MR) is 118 cm³/mol. The van der Waals surface area contributed by atoms with E-state index in [1.54, 1.807) is 12.3 Å². The summed E-state index contributed by atoms with van der Waals surface area (Å²) in [5.74, 6) is -0.191. The molecule has 2 aromatic heterocycles. The first-order chi connectivity index (χ1) is 15.4. The number of pyridine rings is 1. The lowest BCUT2D eigenvalue weighted by atomic mass is 9.70. The maximum Gasteiger partial charge on any atom is 0.339 e. The van der Waals surface area contributed by atoms with Gasteiger partial charge in [0.25, 0.3) is 0 Å². The predicted octanol–water partition coefficient (Wildman–Crippen LogP) is 3.07. The molecule has 3 aromatic rings. The maximum atomic E-state index is 13.0. The average Bonchev–Trinajstić information content (AvgIpc) is 3.26. The van der Waals surface area contributed by atoms with Crippen molar-refractivity contribution in [2.75, 3.05) is 33.4 Å². The smallest absolute Gasteiger partial charge is 0.339 e. The highest BCUT2D eigenvalue weighted by atomic mass is 16.5. The average molecular weight is 434 g/mol. The van der Waals surface area contributed by atoms with Gasteiger partial charge in [-0.15, -0.1) is 0 Å². The van der Waals surface area contributed by atoms with E-state index in [1.807, 2.05) is 46.7 Å². The van der Waals surface area contributed by atoms with Crippen LogP contribution in [0.1, 0.15) is 41.4 Å². The van der Waals surface area contributed by atoms with Gasteiger partial charge in [0.1, 0.15) is 5.65 Å². The number of hydrogen-bond donors (Lipinski definition) is 0. The number of ether oxygens (including phenoxy) is 2. The first-order valence-corrected chi connectivity index (χ1v) is 11.0. The Morgan fingerprint density at radius 1 is 1.03 bits per heavy atom. The van der Waals surface area contributed by atoms with Crippen LogP contribution in [-0.4, -0.2) is 59.6 Å². The zero-order valence-electron chi connectivity index (χ0n) is 18.4. The summed E-state index contributed by atoms with van der Waals surface area (Å²) in [5, 5.41) is 0. The van der Waals surface area contributed by atoms with E-state index in [0.717, 1.165) is 24.2 Å². The topological polar surface area (TPSA) is 73.1 Å². The normalized spacial score (nSPS) is 19.4. The zero-order chi connectivity index (χ0) is 22.3. The number of methoxy groups -OCH3 is 1. The summed E-state index contributed by atoms with van der Waals surface area (Å²) < 4.78 is 12.0. The molecule has 0 spiro atoms. The van der Waals surface area contributed by atoms with Crippen molar-refractivity contribution in [2.45, 2.75) is 25.2 Å². The third-order valence-electron chi connectivity index (χ3n) is 6.95. The first-order valence-electron chi connectivity index (χ1n) is 11.0. The number of rotatable bonds is 4. The lowest BCUT2D eigenvalue weighted by Gasteiger charge is -2.46. The summed E-state index contributed by atoms with van der Waals surface area (Å²) in [6, 6.07) is 14.0. The van der Waals surface area contributed by atoms with Crippen LogP contribution >= 0.6 is 0 Å². The molecule has 2 saturated heterocycles. The Hall–Kier alpha value is -3.19. The van der Waals surface area contributed by atoms with Gasteiger partial charge in [0.2, 0.25) is 5.91 Å². The fourth-order valence-electron chi connectivity index (χ4n) is 4.92. The van der Waals surface area contributed by atoms with Gasteiger partial charge in [0, 0.05) is 30.9 Å². The molecule has 0 N–H and O–H groups in total. The minimum absolute atomic E-state index is 0.183. The molecule has 5 rings (SSSR count). The van der Waals surface area contributed by atoms with Gasteiger partial charge in [-0.2, -0.15) is 0 Å². The van der Waals surface area contributed by atoms with E-state index in [-0.39, 0.29) is 22.7 Å². The summed E-state index contributed by atoms with van der Waals surface area (Å²) in [6.45, 7) is 4.33. The van der Waals surface area contributed by atoms with Crippen molar-refractivity contribution in [3.05, 3.63) is 71.7 Å². The van der Waals surface area contributed by atoms with E-state index in [9.17, 15) is 9.59 Å². The molecule has 4 heterocycles. The van der Waals surface area contributed by atoms with Crippen molar-refractivity contribution < 1.29 is 19.1 Å². The van der Waals surface area contributed by atoms with Crippen LogP contribution in [-0.2, 0) is 19.7 Å². The molecule has 7 nitrogen and oxygen atoms in total. The Labute approximate surface area is 187 Å². The number of hydrogen-bond acceptors (Lipinski definition) is 5. The summed E-state index contributed by atoms with van der Waals surface area (Å²) in [4.78, 5) is 31.9. The second kappa shape index (κ2) is 7.74. The highest BCUT2D eigenvalue weighted by Gasteiger charge is 2.47. The summed E-state index contributed by atoms with van der Waals surface area (Å²) in [7, 11) is 1.38. The van der Waals surface area contributed by atoms with Gasteiger partial charge in [0.05, 0.1) is 37.0 Å². The number of imidazole rings is 1. The molecular formula is C25H27N3O4. The Morgan fingerprint density at radius 2 is 1.75 bits per heavy atom. The minimum atomic E-state index is -0.389. The van der Waals surface area contributed by atoms with Crippen molar-refractivity contribution in [1.29, 1.82) is 0 Å². The number of likely N-dealkylation sites (tertiary alicyclic amines) is 1. The van der Waals surface area contributed by atoms with Gasteiger partial charge in [-0.05, 0) is 37.5 Å². The van der Waals surface area contributed by atoms with Gasteiger partial charge in [0.15, 0.2) is 0 Å². The van der Waals surface area contributed by atoms with E-state index in [1.165, 1.54) is 12.7 Å². The Morgan fingerprint density at radius 3 is 2.38 bits per heavy atom. The number of amides is 1. The molecule has 1 amide bonds. The molecule has 7 heteroatoms. The fraction of sp³-hybridized carbons (Fsp3) is 0.400. The summed E-state index contributed by atoms with van der Waals surface area (Å²) in [6.07, 6.45) is 5.33. The van der Waals surface area contributed by atoms with E-state index in [0.29, 0.717) is 31.9 Å².